The molecule has 1 heterocycles. The minimum atomic E-state index is -0.890. The molecule has 1 N–H and O–H groups in total. The first-order chi connectivity index (χ1) is 9.43. The van der Waals surface area contributed by atoms with Crippen LogP contribution in [0.3, 0.4) is 0 Å². The summed E-state index contributed by atoms with van der Waals surface area (Å²) < 4.78 is 13.6. The van der Waals surface area contributed by atoms with Gasteiger partial charge < -0.3 is 5.32 Å². The molecule has 1 aromatic carbocycles. The number of nitro groups is 1. The van der Waals surface area contributed by atoms with E-state index in [1.54, 1.807) is 6.92 Å². The minimum Gasteiger partial charge on any atom is -0.371 e. The number of nitrogens with zero attached hydrogens (tertiary/aromatic N) is 2. The number of carbonyl (C=O) groups excluding carboxylic acids is 2. The molecule has 2 rings (SSSR count). The lowest BCUT2D eigenvalue weighted by Gasteiger charge is -2.14. The van der Waals surface area contributed by atoms with Gasteiger partial charge in [-0.2, -0.15) is 0 Å². The molecule has 0 aliphatic carbocycles. The predicted molar refractivity (Wildman–Crippen MR) is 67.5 cm³/mol. The SMILES string of the molecule is CCN1C(=O)CC(Nc2cc([N+](=O)[O-])ccc2F)C1=O. The molecule has 1 unspecified atom stereocenters. The van der Waals surface area contributed by atoms with Crippen molar-refractivity contribution >= 4 is 23.2 Å². The van der Waals surface area contributed by atoms with Crippen LogP contribution in [0.5, 0.6) is 0 Å². The molecule has 0 aromatic heterocycles. The zero-order valence-electron chi connectivity index (χ0n) is 10.6. The van der Waals surface area contributed by atoms with Gasteiger partial charge in [0.1, 0.15) is 11.9 Å². The summed E-state index contributed by atoms with van der Waals surface area (Å²) >= 11 is 0. The van der Waals surface area contributed by atoms with Crippen LogP contribution < -0.4 is 5.32 Å². The number of halogens is 1. The van der Waals surface area contributed by atoms with Crippen LogP contribution in [0.4, 0.5) is 15.8 Å². The molecule has 1 fully saturated rings. The van der Waals surface area contributed by atoms with Gasteiger partial charge >= 0.3 is 0 Å². The smallest absolute Gasteiger partial charge is 0.271 e. The molecule has 0 radical (unpaired) electrons. The van der Waals surface area contributed by atoms with E-state index >= 15 is 0 Å². The lowest BCUT2D eigenvalue weighted by Crippen LogP contribution is -2.34. The number of anilines is 1. The molecule has 8 heteroatoms. The fourth-order valence-corrected chi connectivity index (χ4v) is 2.05. The summed E-state index contributed by atoms with van der Waals surface area (Å²) in [6, 6.07) is 2.08. The maximum Gasteiger partial charge on any atom is 0.271 e. The molecule has 1 atom stereocenters. The van der Waals surface area contributed by atoms with E-state index in [4.69, 9.17) is 0 Å². The Morgan fingerprint density at radius 2 is 2.20 bits per heavy atom. The fraction of sp³-hybridized carbons (Fsp3) is 0.333. The Balaban J connectivity index is 2.22. The Hall–Kier alpha value is -2.51. The van der Waals surface area contributed by atoms with Crippen molar-refractivity contribution < 1.29 is 18.9 Å². The summed E-state index contributed by atoms with van der Waals surface area (Å²) in [6.07, 6.45) is -0.0885. The number of carbonyl (C=O) groups is 2. The number of likely N-dealkylation sites (N-methyl/N-ethyl adjacent to an activating group) is 1. The zero-order chi connectivity index (χ0) is 14.9. The van der Waals surface area contributed by atoms with E-state index in [1.165, 1.54) is 0 Å². The van der Waals surface area contributed by atoms with Crippen molar-refractivity contribution in [3.05, 3.63) is 34.1 Å². The molecule has 106 valence electrons. The Kier molecular flexibility index (Phi) is 3.64. The number of non-ortho nitro benzene ring substituents is 1. The maximum absolute atomic E-state index is 13.6. The summed E-state index contributed by atoms with van der Waals surface area (Å²) in [5, 5.41) is 13.2. The second-order valence-corrected chi connectivity index (χ2v) is 4.30. The molecular formula is C12H12FN3O4. The number of hydrogen-bond donors (Lipinski definition) is 1. The van der Waals surface area contributed by atoms with Gasteiger partial charge in [-0.25, -0.2) is 4.39 Å². The predicted octanol–water partition coefficient (Wildman–Crippen LogP) is 1.29. The Labute approximate surface area is 113 Å². The third-order valence-corrected chi connectivity index (χ3v) is 3.05. The number of rotatable bonds is 4. The van der Waals surface area contributed by atoms with E-state index in [1.807, 2.05) is 0 Å². The van der Waals surface area contributed by atoms with Gasteiger partial charge in [0.15, 0.2) is 0 Å². The lowest BCUT2D eigenvalue weighted by molar-refractivity contribution is -0.384. The number of nitrogens with one attached hydrogen (secondary N) is 1. The molecule has 7 nitrogen and oxygen atoms in total. The Morgan fingerprint density at radius 1 is 1.50 bits per heavy atom. The largest absolute Gasteiger partial charge is 0.371 e. The number of hydrogen-bond acceptors (Lipinski definition) is 5. The van der Waals surface area contributed by atoms with Crippen LogP contribution in [-0.4, -0.2) is 34.2 Å². The third-order valence-electron chi connectivity index (χ3n) is 3.05. The van der Waals surface area contributed by atoms with Gasteiger partial charge in [0.2, 0.25) is 5.91 Å². The van der Waals surface area contributed by atoms with Gasteiger partial charge in [-0.3, -0.25) is 24.6 Å². The lowest BCUT2D eigenvalue weighted by atomic mass is 10.2. The van der Waals surface area contributed by atoms with E-state index < -0.39 is 22.7 Å². The highest BCUT2D eigenvalue weighted by atomic mass is 19.1. The average Bonchev–Trinajstić information content (AvgIpc) is 2.66. The van der Waals surface area contributed by atoms with Crippen molar-refractivity contribution in [1.29, 1.82) is 0 Å². The summed E-state index contributed by atoms with van der Waals surface area (Å²) in [6.45, 7) is 1.90. The number of amides is 2. The average molecular weight is 281 g/mol. The summed E-state index contributed by atoms with van der Waals surface area (Å²) in [7, 11) is 0. The Bertz CT molecular complexity index is 590. The molecule has 1 aromatic rings. The van der Waals surface area contributed by atoms with E-state index in [0.717, 1.165) is 23.1 Å². The normalized spacial score (nSPS) is 18.5. The highest BCUT2D eigenvalue weighted by Crippen LogP contribution is 2.24. The van der Waals surface area contributed by atoms with E-state index in [9.17, 15) is 24.1 Å². The summed E-state index contributed by atoms with van der Waals surface area (Å²) in [5.74, 6) is -1.52. The van der Waals surface area contributed by atoms with Crippen LogP contribution in [0.25, 0.3) is 0 Å². The number of imide groups is 1. The van der Waals surface area contributed by atoms with Crippen LogP contribution in [0.15, 0.2) is 18.2 Å². The van der Waals surface area contributed by atoms with Crippen molar-refractivity contribution in [3.8, 4) is 0 Å². The van der Waals surface area contributed by atoms with Crippen LogP contribution in [0.1, 0.15) is 13.3 Å². The van der Waals surface area contributed by atoms with Gasteiger partial charge in [-0.1, -0.05) is 0 Å². The number of benzene rings is 1. The Morgan fingerprint density at radius 3 is 2.75 bits per heavy atom. The van der Waals surface area contributed by atoms with Crippen LogP contribution in [0.2, 0.25) is 0 Å². The first kappa shape index (κ1) is 13.9. The van der Waals surface area contributed by atoms with E-state index in [2.05, 4.69) is 5.32 Å². The second-order valence-electron chi connectivity index (χ2n) is 4.30. The van der Waals surface area contributed by atoms with Gasteiger partial charge in [0, 0.05) is 18.7 Å². The third kappa shape index (κ3) is 2.44. The number of nitro benzene ring substituents is 1. The molecule has 0 bridgehead atoms. The first-order valence-electron chi connectivity index (χ1n) is 5.98. The molecule has 1 aliphatic rings. The second kappa shape index (κ2) is 5.24. The van der Waals surface area contributed by atoms with Gasteiger partial charge in [-0.05, 0) is 13.0 Å². The minimum absolute atomic E-state index is 0.0885. The monoisotopic (exact) mass is 281 g/mol. The fourth-order valence-electron chi connectivity index (χ4n) is 2.05. The highest BCUT2D eigenvalue weighted by Gasteiger charge is 2.37. The first-order valence-corrected chi connectivity index (χ1v) is 5.98. The number of likely N-dealkylation sites (tertiary alicyclic amines) is 1. The van der Waals surface area contributed by atoms with Gasteiger partial charge in [0.05, 0.1) is 17.0 Å². The van der Waals surface area contributed by atoms with Crippen molar-refractivity contribution in [3.63, 3.8) is 0 Å². The zero-order valence-corrected chi connectivity index (χ0v) is 10.6. The van der Waals surface area contributed by atoms with Crippen LogP contribution >= 0.6 is 0 Å². The molecule has 1 aliphatic heterocycles. The van der Waals surface area contributed by atoms with Crippen molar-refractivity contribution in [2.45, 2.75) is 19.4 Å². The van der Waals surface area contributed by atoms with Crippen molar-refractivity contribution in [1.82, 2.24) is 4.90 Å². The standard InChI is InChI=1S/C12H12FN3O4/c1-2-15-11(17)6-10(12(15)18)14-9-5-7(16(19)20)3-4-8(9)13/h3-5,10,14H,2,6H2,1H3. The van der Waals surface area contributed by atoms with Crippen LogP contribution in [0, 0.1) is 15.9 Å². The summed E-state index contributed by atoms with van der Waals surface area (Å²) in [5.41, 5.74) is -0.457. The molecule has 20 heavy (non-hydrogen) atoms. The molecular weight excluding hydrogens is 269 g/mol. The van der Waals surface area contributed by atoms with Crippen LogP contribution in [-0.2, 0) is 9.59 Å². The summed E-state index contributed by atoms with van der Waals surface area (Å²) in [4.78, 5) is 34.5. The van der Waals surface area contributed by atoms with E-state index in [-0.39, 0.29) is 30.2 Å². The van der Waals surface area contributed by atoms with E-state index in [0.29, 0.717) is 0 Å². The molecule has 0 spiro atoms. The van der Waals surface area contributed by atoms with Crippen molar-refractivity contribution in [2.75, 3.05) is 11.9 Å². The van der Waals surface area contributed by atoms with Gasteiger partial charge in [-0.15, -0.1) is 0 Å². The molecule has 0 saturated carbocycles. The molecule has 2 amide bonds. The molecule has 1 saturated heterocycles. The topological polar surface area (TPSA) is 92.6 Å². The quantitative estimate of drug-likeness (QED) is 0.510. The van der Waals surface area contributed by atoms with Gasteiger partial charge in [0.25, 0.3) is 11.6 Å². The maximum atomic E-state index is 13.6. The highest BCUT2D eigenvalue weighted by molar-refractivity contribution is 6.06. The van der Waals surface area contributed by atoms with Crippen molar-refractivity contribution in [2.24, 2.45) is 0 Å².